The van der Waals surface area contributed by atoms with E-state index < -0.39 is 12.4 Å². The first-order valence-corrected chi connectivity index (χ1v) is 6.15. The maximum absolute atomic E-state index is 12.9. The minimum Gasteiger partial charge on any atom is -0.435 e. The topological polar surface area (TPSA) is 21.3 Å². The van der Waals surface area contributed by atoms with E-state index in [0.29, 0.717) is 17.3 Å². The van der Waals surface area contributed by atoms with Crippen LogP contribution in [0.4, 0.5) is 18.9 Å². The first-order valence-electron chi connectivity index (χ1n) is 5.77. The summed E-state index contributed by atoms with van der Waals surface area (Å²) in [6.07, 6.45) is 0. The normalized spacial score (nSPS) is 10.7. The summed E-state index contributed by atoms with van der Waals surface area (Å²) in [6, 6.07) is 10.2. The number of benzene rings is 2. The SMILES string of the molecule is Fc1ccc(CNc2ccc(OC(F)F)cc2)c(Cl)c1. The monoisotopic (exact) mass is 301 g/mol. The second kappa shape index (κ2) is 6.52. The van der Waals surface area contributed by atoms with Crippen molar-refractivity contribution in [3.05, 3.63) is 58.9 Å². The molecule has 0 unspecified atom stereocenters. The first kappa shape index (κ1) is 14.5. The van der Waals surface area contributed by atoms with Gasteiger partial charge in [0.25, 0.3) is 0 Å². The Morgan fingerprint density at radius 1 is 1.10 bits per heavy atom. The molecule has 0 atom stereocenters. The molecule has 2 rings (SSSR count). The molecule has 1 N–H and O–H groups in total. The number of halogens is 4. The van der Waals surface area contributed by atoms with Gasteiger partial charge in [-0.2, -0.15) is 8.78 Å². The van der Waals surface area contributed by atoms with Gasteiger partial charge in [0.1, 0.15) is 11.6 Å². The van der Waals surface area contributed by atoms with E-state index in [4.69, 9.17) is 11.6 Å². The molecule has 0 fully saturated rings. The molecule has 2 aromatic rings. The van der Waals surface area contributed by atoms with E-state index >= 15 is 0 Å². The average molecular weight is 302 g/mol. The van der Waals surface area contributed by atoms with Gasteiger partial charge in [0.15, 0.2) is 0 Å². The average Bonchev–Trinajstić information content (AvgIpc) is 2.39. The summed E-state index contributed by atoms with van der Waals surface area (Å²) >= 11 is 5.89. The quantitative estimate of drug-likeness (QED) is 0.865. The third-order valence-corrected chi connectivity index (χ3v) is 2.93. The number of nitrogens with one attached hydrogen (secondary N) is 1. The van der Waals surface area contributed by atoms with Gasteiger partial charge in [-0.25, -0.2) is 4.39 Å². The number of anilines is 1. The van der Waals surface area contributed by atoms with Crippen molar-refractivity contribution in [2.24, 2.45) is 0 Å². The van der Waals surface area contributed by atoms with Crippen LogP contribution in [0.3, 0.4) is 0 Å². The standard InChI is InChI=1S/C14H11ClF3NO/c15-13-7-10(16)2-1-9(13)8-19-11-3-5-12(6-4-11)20-14(17)18/h1-7,14,19H,8H2. The van der Waals surface area contributed by atoms with Crippen molar-refractivity contribution in [1.29, 1.82) is 0 Å². The number of alkyl halides is 2. The summed E-state index contributed by atoms with van der Waals surface area (Å²) in [5, 5.41) is 3.38. The van der Waals surface area contributed by atoms with Crippen LogP contribution in [-0.4, -0.2) is 6.61 Å². The van der Waals surface area contributed by atoms with Crippen LogP contribution in [0.2, 0.25) is 5.02 Å². The van der Waals surface area contributed by atoms with Crippen LogP contribution >= 0.6 is 11.6 Å². The van der Waals surface area contributed by atoms with Crippen LogP contribution in [-0.2, 0) is 6.54 Å². The van der Waals surface area contributed by atoms with Gasteiger partial charge in [0.05, 0.1) is 0 Å². The summed E-state index contributed by atoms with van der Waals surface area (Å²) in [6.45, 7) is -2.44. The van der Waals surface area contributed by atoms with Crippen LogP contribution in [0.5, 0.6) is 5.75 Å². The third-order valence-electron chi connectivity index (χ3n) is 2.58. The Morgan fingerprint density at radius 2 is 1.80 bits per heavy atom. The van der Waals surface area contributed by atoms with Crippen LogP contribution in [0.25, 0.3) is 0 Å². The van der Waals surface area contributed by atoms with Gasteiger partial charge in [0, 0.05) is 17.3 Å². The van der Waals surface area contributed by atoms with Gasteiger partial charge in [-0.15, -0.1) is 0 Å². The molecule has 106 valence electrons. The molecule has 0 spiro atoms. The van der Waals surface area contributed by atoms with Crippen LogP contribution < -0.4 is 10.1 Å². The number of hydrogen-bond acceptors (Lipinski definition) is 2. The lowest BCUT2D eigenvalue weighted by atomic mass is 10.2. The first-order chi connectivity index (χ1) is 9.54. The summed E-state index contributed by atoms with van der Waals surface area (Å²) in [5.41, 5.74) is 1.45. The molecule has 6 heteroatoms. The predicted octanol–water partition coefficient (Wildman–Crippen LogP) is 4.69. The number of hydrogen-bond donors (Lipinski definition) is 1. The van der Waals surface area contributed by atoms with Gasteiger partial charge >= 0.3 is 6.61 Å². The molecule has 0 saturated heterocycles. The zero-order chi connectivity index (χ0) is 14.5. The molecule has 20 heavy (non-hydrogen) atoms. The summed E-state index contributed by atoms with van der Waals surface area (Å²) in [4.78, 5) is 0. The Bertz CT molecular complexity index is 575. The highest BCUT2D eigenvalue weighted by molar-refractivity contribution is 6.31. The molecule has 0 aliphatic rings. The molecule has 0 aliphatic carbocycles. The molecule has 0 heterocycles. The van der Waals surface area contributed by atoms with Crippen LogP contribution in [0.1, 0.15) is 5.56 Å². The zero-order valence-electron chi connectivity index (χ0n) is 10.2. The molecular formula is C14H11ClF3NO. The minimum absolute atomic E-state index is 0.0883. The van der Waals surface area contributed by atoms with Gasteiger partial charge in [0.2, 0.25) is 0 Å². The molecule has 2 aromatic carbocycles. The van der Waals surface area contributed by atoms with E-state index in [1.54, 1.807) is 18.2 Å². The van der Waals surface area contributed by atoms with E-state index in [9.17, 15) is 13.2 Å². The van der Waals surface area contributed by atoms with Crippen LogP contribution in [0.15, 0.2) is 42.5 Å². The lowest BCUT2D eigenvalue weighted by Gasteiger charge is -2.09. The van der Waals surface area contributed by atoms with Gasteiger partial charge in [-0.05, 0) is 42.0 Å². The third kappa shape index (κ3) is 4.06. The van der Waals surface area contributed by atoms with Gasteiger partial charge in [-0.3, -0.25) is 0 Å². The molecule has 0 bridgehead atoms. The van der Waals surface area contributed by atoms with Gasteiger partial charge in [-0.1, -0.05) is 17.7 Å². The van der Waals surface area contributed by atoms with E-state index in [2.05, 4.69) is 10.1 Å². The van der Waals surface area contributed by atoms with E-state index in [0.717, 1.165) is 5.56 Å². The van der Waals surface area contributed by atoms with Crippen molar-refractivity contribution in [3.8, 4) is 5.75 Å². The van der Waals surface area contributed by atoms with Gasteiger partial charge < -0.3 is 10.1 Å². The number of ether oxygens (including phenoxy) is 1. The van der Waals surface area contributed by atoms with Crippen molar-refractivity contribution in [3.63, 3.8) is 0 Å². The van der Waals surface area contributed by atoms with Crippen molar-refractivity contribution in [2.45, 2.75) is 13.2 Å². The van der Waals surface area contributed by atoms with Crippen molar-refractivity contribution < 1.29 is 17.9 Å². The maximum Gasteiger partial charge on any atom is 0.387 e. The Morgan fingerprint density at radius 3 is 2.40 bits per heavy atom. The Labute approximate surface area is 119 Å². The number of rotatable bonds is 5. The molecule has 0 saturated carbocycles. The highest BCUT2D eigenvalue weighted by Gasteiger charge is 2.04. The molecular weight excluding hydrogens is 291 g/mol. The largest absolute Gasteiger partial charge is 0.435 e. The smallest absolute Gasteiger partial charge is 0.387 e. The summed E-state index contributed by atoms with van der Waals surface area (Å²) < 4.78 is 41.1. The van der Waals surface area contributed by atoms with E-state index in [-0.39, 0.29) is 5.75 Å². The second-order valence-electron chi connectivity index (χ2n) is 3.99. The van der Waals surface area contributed by atoms with E-state index in [1.807, 2.05) is 0 Å². The van der Waals surface area contributed by atoms with Crippen molar-refractivity contribution >= 4 is 17.3 Å². The highest BCUT2D eigenvalue weighted by Crippen LogP contribution is 2.21. The second-order valence-corrected chi connectivity index (χ2v) is 4.40. The lowest BCUT2D eigenvalue weighted by Crippen LogP contribution is -2.03. The predicted molar refractivity (Wildman–Crippen MR) is 71.8 cm³/mol. The van der Waals surface area contributed by atoms with Crippen molar-refractivity contribution in [1.82, 2.24) is 0 Å². The fraction of sp³-hybridized carbons (Fsp3) is 0.143. The Hall–Kier alpha value is -1.88. The Kier molecular flexibility index (Phi) is 4.74. The molecule has 0 aliphatic heterocycles. The van der Waals surface area contributed by atoms with Crippen molar-refractivity contribution in [2.75, 3.05) is 5.32 Å². The highest BCUT2D eigenvalue weighted by atomic mass is 35.5. The lowest BCUT2D eigenvalue weighted by molar-refractivity contribution is -0.0498. The summed E-state index contributed by atoms with van der Waals surface area (Å²) in [5.74, 6) is -0.308. The molecule has 0 aromatic heterocycles. The summed E-state index contributed by atoms with van der Waals surface area (Å²) in [7, 11) is 0. The maximum atomic E-state index is 12.9. The fourth-order valence-corrected chi connectivity index (χ4v) is 1.85. The molecule has 2 nitrogen and oxygen atoms in total. The van der Waals surface area contributed by atoms with E-state index in [1.165, 1.54) is 24.3 Å². The fourth-order valence-electron chi connectivity index (χ4n) is 1.62. The zero-order valence-corrected chi connectivity index (χ0v) is 11.0. The molecule has 0 radical (unpaired) electrons. The Balaban J connectivity index is 1.96. The van der Waals surface area contributed by atoms with Crippen LogP contribution in [0, 0.1) is 5.82 Å². The molecule has 0 amide bonds. The minimum atomic E-state index is -2.84.